The molecule has 1 heterocycles. The Morgan fingerprint density at radius 3 is 2.29 bits per heavy atom. The summed E-state index contributed by atoms with van der Waals surface area (Å²) < 4.78 is 0. The highest BCUT2D eigenvalue weighted by Gasteiger charge is 2.21. The number of aliphatic hydroxyl groups excluding tert-OH is 1. The number of ketones is 1. The number of hydrogen-bond donors (Lipinski definition) is 3. The Kier molecular flexibility index (Phi) is 7.95. The van der Waals surface area contributed by atoms with Gasteiger partial charge in [0.2, 0.25) is 5.91 Å². The molecule has 0 unspecified atom stereocenters. The first-order valence-corrected chi connectivity index (χ1v) is 11.8. The summed E-state index contributed by atoms with van der Waals surface area (Å²) in [7, 11) is 0. The normalized spacial score (nSPS) is 14.5. The highest BCUT2D eigenvalue weighted by Crippen LogP contribution is 2.24. The molecule has 0 aliphatic carbocycles. The molecule has 1 aliphatic rings. The standard InChI is InChI=1S/C27H28ClN3O3/c28-22-8-11-25(21(16-22)18-32)29-24-12-14-31(15-13-24)17-26(33)30-23-9-6-20(7-10-23)27(34)19-4-2-1-3-5-19/h1-11,16,24,29,32H,12-15,17-18H2,(H,30,33). The lowest BCUT2D eigenvalue weighted by Crippen LogP contribution is -2.42. The number of likely N-dealkylation sites (tertiary alicyclic amines) is 1. The first kappa shape index (κ1) is 24.0. The smallest absolute Gasteiger partial charge is 0.238 e. The van der Waals surface area contributed by atoms with Crippen molar-refractivity contribution in [2.24, 2.45) is 0 Å². The summed E-state index contributed by atoms with van der Waals surface area (Å²) in [4.78, 5) is 27.2. The molecule has 6 nitrogen and oxygen atoms in total. The van der Waals surface area contributed by atoms with E-state index in [-0.39, 0.29) is 24.3 Å². The van der Waals surface area contributed by atoms with Gasteiger partial charge < -0.3 is 15.7 Å². The van der Waals surface area contributed by atoms with Crippen LogP contribution in [0.5, 0.6) is 0 Å². The number of rotatable bonds is 8. The van der Waals surface area contributed by atoms with Crippen LogP contribution in [-0.2, 0) is 11.4 Å². The van der Waals surface area contributed by atoms with Gasteiger partial charge in [0, 0.05) is 52.2 Å². The van der Waals surface area contributed by atoms with Crippen LogP contribution in [0.2, 0.25) is 5.02 Å². The molecular formula is C27H28ClN3O3. The van der Waals surface area contributed by atoms with Gasteiger partial charge in [-0.1, -0.05) is 41.9 Å². The van der Waals surface area contributed by atoms with Gasteiger partial charge in [-0.15, -0.1) is 0 Å². The molecule has 34 heavy (non-hydrogen) atoms. The first-order valence-electron chi connectivity index (χ1n) is 11.4. The zero-order valence-electron chi connectivity index (χ0n) is 18.8. The van der Waals surface area contributed by atoms with Crippen LogP contribution in [0.15, 0.2) is 72.8 Å². The van der Waals surface area contributed by atoms with Crippen LogP contribution in [0.3, 0.4) is 0 Å². The minimum Gasteiger partial charge on any atom is -0.392 e. The maximum atomic E-state index is 12.5. The van der Waals surface area contributed by atoms with Gasteiger partial charge in [0.25, 0.3) is 0 Å². The molecule has 0 aromatic heterocycles. The second-order valence-corrected chi connectivity index (χ2v) is 8.91. The molecule has 4 rings (SSSR count). The third-order valence-electron chi connectivity index (χ3n) is 6.02. The third-order valence-corrected chi connectivity index (χ3v) is 6.25. The minimum absolute atomic E-state index is 0.0420. The van der Waals surface area contributed by atoms with Gasteiger partial charge in [-0.3, -0.25) is 14.5 Å². The summed E-state index contributed by atoms with van der Waals surface area (Å²) >= 11 is 6.01. The Labute approximate surface area is 204 Å². The van der Waals surface area contributed by atoms with E-state index in [1.54, 1.807) is 42.5 Å². The molecule has 7 heteroatoms. The summed E-state index contributed by atoms with van der Waals surface area (Å²) in [6.45, 7) is 1.86. The van der Waals surface area contributed by atoms with Crippen molar-refractivity contribution in [1.29, 1.82) is 0 Å². The number of anilines is 2. The van der Waals surface area contributed by atoms with Crippen LogP contribution in [0.1, 0.15) is 34.3 Å². The molecule has 3 aromatic rings. The predicted molar refractivity (Wildman–Crippen MR) is 135 cm³/mol. The third kappa shape index (κ3) is 6.23. The van der Waals surface area contributed by atoms with E-state index in [0.717, 1.165) is 37.2 Å². The Balaban J connectivity index is 1.24. The molecule has 176 valence electrons. The fourth-order valence-corrected chi connectivity index (χ4v) is 4.35. The van der Waals surface area contributed by atoms with E-state index in [9.17, 15) is 14.7 Å². The fraction of sp³-hybridized carbons (Fsp3) is 0.259. The fourth-order valence-electron chi connectivity index (χ4n) is 4.15. The first-order chi connectivity index (χ1) is 16.5. The molecule has 0 radical (unpaired) electrons. The summed E-state index contributed by atoms with van der Waals surface area (Å²) in [5.41, 5.74) is 3.58. The molecule has 1 fully saturated rings. The number of aliphatic hydroxyl groups is 1. The van der Waals surface area contributed by atoms with E-state index in [4.69, 9.17) is 11.6 Å². The SMILES string of the molecule is O=C(CN1CCC(Nc2ccc(Cl)cc2CO)CC1)Nc1ccc(C(=O)c2ccccc2)cc1. The second kappa shape index (κ2) is 11.3. The average molecular weight is 478 g/mol. The number of carbonyl (C=O) groups is 2. The molecule has 3 aromatic carbocycles. The maximum absolute atomic E-state index is 12.5. The number of carbonyl (C=O) groups excluding carboxylic acids is 2. The minimum atomic E-state index is -0.0752. The van der Waals surface area contributed by atoms with Crippen LogP contribution < -0.4 is 10.6 Å². The van der Waals surface area contributed by atoms with Crippen molar-refractivity contribution in [2.45, 2.75) is 25.5 Å². The van der Waals surface area contributed by atoms with Gasteiger partial charge in [0.15, 0.2) is 5.78 Å². The molecule has 0 atom stereocenters. The molecular weight excluding hydrogens is 450 g/mol. The summed E-state index contributed by atoms with van der Waals surface area (Å²) in [6.07, 6.45) is 1.80. The zero-order chi connectivity index (χ0) is 23.9. The lowest BCUT2D eigenvalue weighted by atomic mass is 10.0. The molecule has 1 saturated heterocycles. The Bertz CT molecular complexity index is 1130. The molecule has 0 saturated carbocycles. The monoisotopic (exact) mass is 477 g/mol. The molecule has 3 N–H and O–H groups in total. The summed E-state index contributed by atoms with van der Waals surface area (Å²) in [5.74, 6) is -0.117. The Morgan fingerprint density at radius 2 is 1.62 bits per heavy atom. The molecule has 1 aliphatic heterocycles. The Hall–Kier alpha value is -3.19. The average Bonchev–Trinajstić information content (AvgIpc) is 2.86. The van der Waals surface area contributed by atoms with Crippen LogP contribution in [0, 0.1) is 0 Å². The van der Waals surface area contributed by atoms with Crippen LogP contribution in [-0.4, -0.2) is 47.4 Å². The molecule has 0 spiro atoms. The van der Waals surface area contributed by atoms with Gasteiger partial charge in [-0.2, -0.15) is 0 Å². The number of nitrogens with one attached hydrogen (secondary N) is 2. The number of nitrogens with zero attached hydrogens (tertiary/aromatic N) is 1. The van der Waals surface area contributed by atoms with Gasteiger partial charge in [-0.25, -0.2) is 0 Å². The van der Waals surface area contributed by atoms with Crippen molar-refractivity contribution in [3.05, 3.63) is 94.5 Å². The highest BCUT2D eigenvalue weighted by molar-refractivity contribution is 6.30. The number of hydrogen-bond acceptors (Lipinski definition) is 5. The molecule has 1 amide bonds. The van der Waals surface area contributed by atoms with Gasteiger partial charge in [0.1, 0.15) is 0 Å². The number of halogens is 1. The van der Waals surface area contributed by atoms with Crippen molar-refractivity contribution in [3.8, 4) is 0 Å². The number of amides is 1. The van der Waals surface area contributed by atoms with Crippen LogP contribution in [0.4, 0.5) is 11.4 Å². The van der Waals surface area contributed by atoms with Crippen molar-refractivity contribution < 1.29 is 14.7 Å². The Morgan fingerprint density at radius 1 is 0.941 bits per heavy atom. The van der Waals surface area contributed by atoms with Gasteiger partial charge in [0.05, 0.1) is 13.2 Å². The van der Waals surface area contributed by atoms with Crippen molar-refractivity contribution in [3.63, 3.8) is 0 Å². The van der Waals surface area contributed by atoms with E-state index in [1.807, 2.05) is 30.3 Å². The van der Waals surface area contributed by atoms with Crippen molar-refractivity contribution in [2.75, 3.05) is 30.3 Å². The lowest BCUT2D eigenvalue weighted by molar-refractivity contribution is -0.117. The van der Waals surface area contributed by atoms with Crippen LogP contribution in [0.25, 0.3) is 0 Å². The van der Waals surface area contributed by atoms with Crippen molar-refractivity contribution >= 4 is 34.7 Å². The lowest BCUT2D eigenvalue weighted by Gasteiger charge is -2.32. The van der Waals surface area contributed by atoms with E-state index in [0.29, 0.717) is 28.4 Å². The van der Waals surface area contributed by atoms with Gasteiger partial charge in [-0.05, 0) is 55.3 Å². The quantitative estimate of drug-likeness (QED) is 0.414. The summed E-state index contributed by atoms with van der Waals surface area (Å²) in [6, 6.07) is 21.9. The van der Waals surface area contributed by atoms with E-state index in [1.165, 1.54) is 0 Å². The number of piperidine rings is 1. The van der Waals surface area contributed by atoms with E-state index < -0.39 is 0 Å². The second-order valence-electron chi connectivity index (χ2n) is 8.48. The topological polar surface area (TPSA) is 81.7 Å². The van der Waals surface area contributed by atoms with Gasteiger partial charge >= 0.3 is 0 Å². The highest BCUT2D eigenvalue weighted by atomic mass is 35.5. The maximum Gasteiger partial charge on any atom is 0.238 e. The zero-order valence-corrected chi connectivity index (χ0v) is 19.6. The number of benzene rings is 3. The van der Waals surface area contributed by atoms with E-state index in [2.05, 4.69) is 15.5 Å². The van der Waals surface area contributed by atoms with Crippen molar-refractivity contribution in [1.82, 2.24) is 4.90 Å². The van der Waals surface area contributed by atoms with Crippen LogP contribution >= 0.6 is 11.6 Å². The largest absolute Gasteiger partial charge is 0.392 e. The molecule has 0 bridgehead atoms. The summed E-state index contributed by atoms with van der Waals surface area (Å²) in [5, 5.41) is 16.6. The van der Waals surface area contributed by atoms with E-state index >= 15 is 0 Å². The predicted octanol–water partition coefficient (Wildman–Crippen LogP) is 4.58.